The number of hydrogen-bond acceptors (Lipinski definition) is 3. The fraction of sp³-hybridized carbons (Fsp3) is 0.100. The number of nitrogens with one attached hydrogen (secondary N) is 1. The van der Waals surface area contributed by atoms with Gasteiger partial charge in [0.2, 0.25) is 0 Å². The molecule has 0 spiro atoms. The average molecular weight is 367 g/mol. The van der Waals surface area contributed by atoms with Crippen LogP contribution in [0.15, 0.2) is 58.7 Å². The summed E-state index contributed by atoms with van der Waals surface area (Å²) >= 11 is 7.53. The SMILES string of the molecule is Cc1ccc(-c2csc3nc(Cc4cccc(Cl)c4)[nH]c(=O)c23)cc1. The second kappa shape index (κ2) is 6.47. The molecule has 0 unspecified atom stereocenters. The zero-order valence-electron chi connectivity index (χ0n) is 13.5. The standard InChI is InChI=1S/C20H15ClN2OS/c1-12-5-7-14(8-6-12)16-11-25-20-18(16)19(24)22-17(23-20)10-13-3-2-4-15(21)9-13/h2-9,11H,10H2,1H3,(H,22,23,24). The molecule has 2 heterocycles. The fourth-order valence-corrected chi connectivity index (χ4v) is 4.04. The third-order valence-electron chi connectivity index (χ3n) is 4.12. The van der Waals surface area contributed by atoms with Crippen LogP contribution in [0.5, 0.6) is 0 Å². The molecule has 4 rings (SSSR count). The molecule has 2 aromatic carbocycles. The van der Waals surface area contributed by atoms with Crippen molar-refractivity contribution in [3.8, 4) is 11.1 Å². The Hall–Kier alpha value is -2.43. The molecule has 0 radical (unpaired) electrons. The summed E-state index contributed by atoms with van der Waals surface area (Å²) in [6, 6.07) is 15.8. The van der Waals surface area contributed by atoms with E-state index in [4.69, 9.17) is 11.6 Å². The van der Waals surface area contributed by atoms with Crippen LogP contribution in [0.3, 0.4) is 0 Å². The lowest BCUT2D eigenvalue weighted by Crippen LogP contribution is -2.11. The van der Waals surface area contributed by atoms with Gasteiger partial charge in [0, 0.05) is 22.4 Å². The van der Waals surface area contributed by atoms with Crippen LogP contribution in [-0.4, -0.2) is 9.97 Å². The number of fused-ring (bicyclic) bond motifs is 1. The van der Waals surface area contributed by atoms with E-state index < -0.39 is 0 Å². The maximum absolute atomic E-state index is 12.7. The van der Waals surface area contributed by atoms with Gasteiger partial charge in [-0.25, -0.2) is 4.98 Å². The molecule has 2 aromatic heterocycles. The number of nitrogens with zero attached hydrogens (tertiary/aromatic N) is 1. The summed E-state index contributed by atoms with van der Waals surface area (Å²) in [4.78, 5) is 21.0. The predicted octanol–water partition coefficient (Wildman–Crippen LogP) is 5.20. The van der Waals surface area contributed by atoms with E-state index in [-0.39, 0.29) is 5.56 Å². The van der Waals surface area contributed by atoms with E-state index in [1.165, 1.54) is 16.9 Å². The van der Waals surface area contributed by atoms with Crippen molar-refractivity contribution in [1.29, 1.82) is 0 Å². The first-order chi connectivity index (χ1) is 12.1. The van der Waals surface area contributed by atoms with Gasteiger partial charge in [0.15, 0.2) is 0 Å². The lowest BCUT2D eigenvalue weighted by Gasteiger charge is -2.04. The molecule has 0 atom stereocenters. The van der Waals surface area contributed by atoms with Crippen molar-refractivity contribution in [3.05, 3.63) is 86.2 Å². The minimum absolute atomic E-state index is 0.0983. The molecule has 4 aromatic rings. The largest absolute Gasteiger partial charge is 0.310 e. The normalized spacial score (nSPS) is 11.1. The molecule has 0 saturated carbocycles. The summed E-state index contributed by atoms with van der Waals surface area (Å²) in [5.74, 6) is 0.650. The van der Waals surface area contributed by atoms with Gasteiger partial charge in [0.25, 0.3) is 5.56 Å². The van der Waals surface area contributed by atoms with Gasteiger partial charge in [0.1, 0.15) is 10.7 Å². The maximum atomic E-state index is 12.7. The zero-order chi connectivity index (χ0) is 17.4. The molecule has 3 nitrogen and oxygen atoms in total. The van der Waals surface area contributed by atoms with Crippen molar-refractivity contribution in [3.63, 3.8) is 0 Å². The van der Waals surface area contributed by atoms with Crippen LogP contribution in [0.2, 0.25) is 5.02 Å². The summed E-state index contributed by atoms with van der Waals surface area (Å²) in [6.07, 6.45) is 0.545. The summed E-state index contributed by atoms with van der Waals surface area (Å²) in [5.41, 5.74) is 4.08. The molecule has 0 saturated heterocycles. The first-order valence-corrected chi connectivity index (χ1v) is 9.18. The van der Waals surface area contributed by atoms with Crippen molar-refractivity contribution in [2.75, 3.05) is 0 Å². The lowest BCUT2D eigenvalue weighted by atomic mass is 10.1. The number of aromatic nitrogens is 2. The quantitative estimate of drug-likeness (QED) is 0.541. The molecule has 0 aliphatic heterocycles. The smallest absolute Gasteiger partial charge is 0.260 e. The van der Waals surface area contributed by atoms with E-state index in [1.807, 2.05) is 60.8 Å². The summed E-state index contributed by atoms with van der Waals surface area (Å²) in [6.45, 7) is 2.05. The Kier molecular flexibility index (Phi) is 4.15. The average Bonchev–Trinajstić information content (AvgIpc) is 3.00. The molecular formula is C20H15ClN2OS. The zero-order valence-corrected chi connectivity index (χ0v) is 15.1. The van der Waals surface area contributed by atoms with Crippen LogP contribution in [0.4, 0.5) is 0 Å². The molecule has 1 N–H and O–H groups in total. The van der Waals surface area contributed by atoms with Gasteiger partial charge in [-0.3, -0.25) is 4.79 Å². The second-order valence-corrected chi connectivity index (χ2v) is 7.31. The number of thiophene rings is 1. The van der Waals surface area contributed by atoms with Gasteiger partial charge in [-0.2, -0.15) is 0 Å². The van der Waals surface area contributed by atoms with E-state index in [0.29, 0.717) is 22.7 Å². The Balaban J connectivity index is 1.77. The highest BCUT2D eigenvalue weighted by Gasteiger charge is 2.13. The third kappa shape index (κ3) is 3.23. The molecule has 124 valence electrons. The molecule has 5 heteroatoms. The number of H-pyrrole nitrogens is 1. The van der Waals surface area contributed by atoms with Gasteiger partial charge >= 0.3 is 0 Å². The number of rotatable bonds is 3. The Morgan fingerprint density at radius 3 is 2.72 bits per heavy atom. The first-order valence-electron chi connectivity index (χ1n) is 7.92. The number of aromatic amines is 1. The van der Waals surface area contributed by atoms with Crippen LogP contribution in [0.25, 0.3) is 21.3 Å². The highest BCUT2D eigenvalue weighted by Crippen LogP contribution is 2.31. The van der Waals surface area contributed by atoms with Gasteiger partial charge in [-0.1, -0.05) is 53.6 Å². The van der Waals surface area contributed by atoms with Crippen LogP contribution >= 0.6 is 22.9 Å². The molecule has 0 fully saturated rings. The van der Waals surface area contributed by atoms with Crippen LogP contribution in [-0.2, 0) is 6.42 Å². The monoisotopic (exact) mass is 366 g/mol. The summed E-state index contributed by atoms with van der Waals surface area (Å²) < 4.78 is 0. The van der Waals surface area contributed by atoms with Crippen molar-refractivity contribution in [2.45, 2.75) is 13.3 Å². The van der Waals surface area contributed by atoms with Gasteiger partial charge in [0.05, 0.1) is 5.39 Å². The van der Waals surface area contributed by atoms with E-state index >= 15 is 0 Å². The van der Waals surface area contributed by atoms with Crippen molar-refractivity contribution in [1.82, 2.24) is 9.97 Å². The van der Waals surface area contributed by atoms with Crippen molar-refractivity contribution in [2.24, 2.45) is 0 Å². The van der Waals surface area contributed by atoms with Crippen LogP contribution < -0.4 is 5.56 Å². The fourth-order valence-electron chi connectivity index (χ4n) is 2.86. The summed E-state index contributed by atoms with van der Waals surface area (Å²) in [5, 5.41) is 3.34. The minimum atomic E-state index is -0.0983. The van der Waals surface area contributed by atoms with Gasteiger partial charge in [-0.05, 0) is 30.2 Å². The Bertz CT molecular complexity index is 1110. The van der Waals surface area contributed by atoms with E-state index in [9.17, 15) is 4.79 Å². The Morgan fingerprint density at radius 2 is 1.96 bits per heavy atom. The predicted molar refractivity (Wildman–Crippen MR) is 105 cm³/mol. The molecule has 0 aliphatic carbocycles. The van der Waals surface area contributed by atoms with Gasteiger partial charge < -0.3 is 4.98 Å². The van der Waals surface area contributed by atoms with Crippen molar-refractivity contribution < 1.29 is 0 Å². The third-order valence-corrected chi connectivity index (χ3v) is 5.22. The van der Waals surface area contributed by atoms with Crippen LogP contribution in [0, 0.1) is 6.92 Å². The topological polar surface area (TPSA) is 45.8 Å². The molecule has 0 amide bonds. The highest BCUT2D eigenvalue weighted by atomic mass is 35.5. The highest BCUT2D eigenvalue weighted by molar-refractivity contribution is 7.17. The number of halogens is 1. The summed E-state index contributed by atoms with van der Waals surface area (Å²) in [7, 11) is 0. The maximum Gasteiger partial charge on any atom is 0.260 e. The Labute approximate surface area is 154 Å². The number of aryl methyl sites for hydroxylation is 1. The molecule has 0 aliphatic rings. The van der Waals surface area contributed by atoms with E-state index in [1.54, 1.807) is 0 Å². The second-order valence-electron chi connectivity index (χ2n) is 6.01. The molecule has 0 bridgehead atoms. The first kappa shape index (κ1) is 16.1. The number of hydrogen-bond donors (Lipinski definition) is 1. The number of benzene rings is 2. The molecule has 25 heavy (non-hydrogen) atoms. The lowest BCUT2D eigenvalue weighted by molar-refractivity contribution is 0.977. The van der Waals surface area contributed by atoms with E-state index in [0.717, 1.165) is 21.5 Å². The van der Waals surface area contributed by atoms with Crippen LogP contribution in [0.1, 0.15) is 17.0 Å². The van der Waals surface area contributed by atoms with Gasteiger partial charge in [-0.15, -0.1) is 11.3 Å². The minimum Gasteiger partial charge on any atom is -0.310 e. The van der Waals surface area contributed by atoms with E-state index in [2.05, 4.69) is 9.97 Å². The Morgan fingerprint density at radius 1 is 1.16 bits per heavy atom. The van der Waals surface area contributed by atoms with Crippen molar-refractivity contribution >= 4 is 33.2 Å². The molecular weight excluding hydrogens is 352 g/mol.